The highest BCUT2D eigenvalue weighted by molar-refractivity contribution is 9.11. The van der Waals surface area contributed by atoms with Crippen LogP contribution < -0.4 is 4.72 Å². The molecular formula is C13H10Br2ClNO2S. The summed E-state index contributed by atoms with van der Waals surface area (Å²) in [5.74, 6) is 0. The molecule has 1 N–H and O–H groups in total. The number of hydrogen-bond acceptors (Lipinski definition) is 2. The van der Waals surface area contributed by atoms with Crippen molar-refractivity contribution in [2.24, 2.45) is 0 Å². The monoisotopic (exact) mass is 437 g/mol. The average molecular weight is 440 g/mol. The van der Waals surface area contributed by atoms with E-state index in [1.54, 1.807) is 36.4 Å². The van der Waals surface area contributed by atoms with Gasteiger partial charge in [-0.15, -0.1) is 0 Å². The Labute approximate surface area is 139 Å². The van der Waals surface area contributed by atoms with Gasteiger partial charge in [-0.25, -0.2) is 8.42 Å². The van der Waals surface area contributed by atoms with Gasteiger partial charge in [0.1, 0.15) is 4.90 Å². The van der Waals surface area contributed by atoms with Gasteiger partial charge in [0.05, 0.1) is 0 Å². The average Bonchev–Trinajstić information content (AvgIpc) is 2.36. The van der Waals surface area contributed by atoms with E-state index in [9.17, 15) is 8.42 Å². The van der Waals surface area contributed by atoms with Gasteiger partial charge < -0.3 is 0 Å². The van der Waals surface area contributed by atoms with Gasteiger partial charge in [-0.3, -0.25) is 4.72 Å². The van der Waals surface area contributed by atoms with Gasteiger partial charge in [0.15, 0.2) is 0 Å². The first kappa shape index (κ1) is 15.8. The van der Waals surface area contributed by atoms with Crippen molar-refractivity contribution in [3.05, 3.63) is 55.9 Å². The fraction of sp³-hybridized carbons (Fsp3) is 0.0769. The zero-order chi connectivity index (χ0) is 14.9. The summed E-state index contributed by atoms with van der Waals surface area (Å²) in [6.07, 6.45) is 0. The number of hydrogen-bond donors (Lipinski definition) is 1. The minimum atomic E-state index is -3.67. The van der Waals surface area contributed by atoms with E-state index >= 15 is 0 Å². The predicted molar refractivity (Wildman–Crippen MR) is 88.8 cm³/mol. The van der Waals surface area contributed by atoms with Crippen LogP contribution in [0.2, 0.25) is 5.02 Å². The highest BCUT2D eigenvalue weighted by Gasteiger charge is 2.19. The van der Waals surface area contributed by atoms with E-state index in [0.29, 0.717) is 15.2 Å². The molecule has 106 valence electrons. The summed E-state index contributed by atoms with van der Waals surface area (Å²) in [6, 6.07) is 9.78. The molecule has 0 aliphatic carbocycles. The minimum absolute atomic E-state index is 0.171. The van der Waals surface area contributed by atoms with Crippen molar-refractivity contribution >= 4 is 59.2 Å². The number of halogens is 3. The zero-order valence-corrected chi connectivity index (χ0v) is 15.1. The van der Waals surface area contributed by atoms with Gasteiger partial charge in [0.25, 0.3) is 10.0 Å². The molecule has 2 aromatic rings. The number of benzene rings is 2. The molecule has 0 saturated heterocycles. The zero-order valence-electron chi connectivity index (χ0n) is 10.3. The molecule has 0 radical (unpaired) electrons. The predicted octanol–water partition coefficient (Wildman–Crippen LogP) is 4.97. The largest absolute Gasteiger partial charge is 0.280 e. The lowest BCUT2D eigenvalue weighted by atomic mass is 10.2. The van der Waals surface area contributed by atoms with Gasteiger partial charge in [-0.2, -0.15) is 0 Å². The van der Waals surface area contributed by atoms with E-state index in [1.807, 2.05) is 6.92 Å². The Kier molecular flexibility index (Phi) is 4.79. The Morgan fingerprint density at radius 2 is 1.65 bits per heavy atom. The van der Waals surface area contributed by atoms with Crippen LogP contribution >= 0.6 is 43.5 Å². The van der Waals surface area contributed by atoms with E-state index in [4.69, 9.17) is 11.6 Å². The number of anilines is 1. The highest BCUT2D eigenvalue weighted by Crippen LogP contribution is 2.30. The van der Waals surface area contributed by atoms with Crippen molar-refractivity contribution in [2.75, 3.05) is 4.72 Å². The van der Waals surface area contributed by atoms with Crippen LogP contribution in [-0.2, 0) is 10.0 Å². The smallest absolute Gasteiger partial charge is 0.263 e. The van der Waals surface area contributed by atoms with Crippen LogP contribution in [0.5, 0.6) is 0 Å². The van der Waals surface area contributed by atoms with Gasteiger partial charge in [-0.05, 0) is 64.8 Å². The molecule has 0 fully saturated rings. The van der Waals surface area contributed by atoms with Crippen molar-refractivity contribution in [1.29, 1.82) is 0 Å². The third kappa shape index (κ3) is 3.55. The molecule has 0 bridgehead atoms. The molecule has 7 heteroatoms. The van der Waals surface area contributed by atoms with Gasteiger partial charge >= 0.3 is 0 Å². The highest BCUT2D eigenvalue weighted by atomic mass is 79.9. The Hall–Kier alpha value is -0.560. The molecular weight excluding hydrogens is 429 g/mol. The lowest BCUT2D eigenvalue weighted by Gasteiger charge is -2.11. The van der Waals surface area contributed by atoms with E-state index < -0.39 is 10.0 Å². The molecule has 0 amide bonds. The minimum Gasteiger partial charge on any atom is -0.280 e. The first-order valence-electron chi connectivity index (χ1n) is 5.53. The fourth-order valence-electron chi connectivity index (χ4n) is 1.56. The Morgan fingerprint density at radius 3 is 2.25 bits per heavy atom. The van der Waals surface area contributed by atoms with Crippen LogP contribution in [0.4, 0.5) is 5.69 Å². The van der Waals surface area contributed by atoms with Crippen LogP contribution in [0.3, 0.4) is 0 Å². The quantitative estimate of drug-likeness (QED) is 0.734. The maximum Gasteiger partial charge on any atom is 0.263 e. The SMILES string of the molecule is Cc1cc(Br)c(S(=O)(=O)Nc2ccc(Cl)cc2)cc1Br. The number of rotatable bonds is 3. The lowest BCUT2D eigenvalue weighted by molar-refractivity contribution is 0.600. The maximum atomic E-state index is 12.4. The summed E-state index contributed by atoms with van der Waals surface area (Å²) in [6.45, 7) is 1.89. The van der Waals surface area contributed by atoms with Crippen LogP contribution in [0, 0.1) is 6.92 Å². The van der Waals surface area contributed by atoms with Crippen LogP contribution in [-0.4, -0.2) is 8.42 Å². The summed E-state index contributed by atoms with van der Waals surface area (Å²) in [5.41, 5.74) is 1.40. The Balaban J connectivity index is 2.40. The van der Waals surface area contributed by atoms with Crippen molar-refractivity contribution < 1.29 is 8.42 Å². The van der Waals surface area contributed by atoms with Crippen LogP contribution in [0.25, 0.3) is 0 Å². The molecule has 0 saturated carbocycles. The van der Waals surface area contributed by atoms with Crippen molar-refractivity contribution in [2.45, 2.75) is 11.8 Å². The fourth-order valence-corrected chi connectivity index (χ4v) is 4.43. The van der Waals surface area contributed by atoms with E-state index in [2.05, 4.69) is 36.6 Å². The first-order chi connectivity index (χ1) is 9.29. The number of aryl methyl sites for hydroxylation is 1. The second-order valence-electron chi connectivity index (χ2n) is 4.14. The summed E-state index contributed by atoms with van der Waals surface area (Å²) in [5, 5.41) is 0.548. The van der Waals surface area contributed by atoms with Crippen molar-refractivity contribution in [3.63, 3.8) is 0 Å². The second-order valence-corrected chi connectivity index (χ2v) is 7.94. The second kappa shape index (κ2) is 6.05. The summed E-state index contributed by atoms with van der Waals surface area (Å²) in [4.78, 5) is 0.171. The number of nitrogens with one attached hydrogen (secondary N) is 1. The molecule has 0 atom stereocenters. The summed E-state index contributed by atoms with van der Waals surface area (Å²) in [7, 11) is -3.67. The van der Waals surface area contributed by atoms with Crippen LogP contribution in [0.15, 0.2) is 50.2 Å². The topological polar surface area (TPSA) is 46.2 Å². The summed E-state index contributed by atoms with van der Waals surface area (Å²) < 4.78 is 28.5. The van der Waals surface area contributed by atoms with Gasteiger partial charge in [0, 0.05) is 19.7 Å². The van der Waals surface area contributed by atoms with Crippen molar-refractivity contribution in [3.8, 4) is 0 Å². The molecule has 0 aromatic heterocycles. The van der Waals surface area contributed by atoms with E-state index in [0.717, 1.165) is 10.0 Å². The van der Waals surface area contributed by atoms with E-state index in [1.165, 1.54) is 0 Å². The standard InChI is InChI=1S/C13H10Br2ClNO2S/c1-8-6-12(15)13(7-11(8)14)20(18,19)17-10-4-2-9(16)3-5-10/h2-7,17H,1H3. The maximum absolute atomic E-state index is 12.4. The molecule has 20 heavy (non-hydrogen) atoms. The summed E-state index contributed by atoms with van der Waals surface area (Å²) >= 11 is 12.4. The molecule has 2 aromatic carbocycles. The molecule has 0 heterocycles. The molecule has 0 aliphatic rings. The normalized spacial score (nSPS) is 11.4. The van der Waals surface area contributed by atoms with Crippen LogP contribution in [0.1, 0.15) is 5.56 Å². The molecule has 0 aliphatic heterocycles. The van der Waals surface area contributed by atoms with Crippen molar-refractivity contribution in [1.82, 2.24) is 0 Å². The number of sulfonamides is 1. The lowest BCUT2D eigenvalue weighted by Crippen LogP contribution is -2.13. The van der Waals surface area contributed by atoms with Gasteiger partial charge in [0.2, 0.25) is 0 Å². The molecule has 0 spiro atoms. The van der Waals surface area contributed by atoms with Gasteiger partial charge in [-0.1, -0.05) is 27.5 Å². The Morgan fingerprint density at radius 1 is 1.05 bits per heavy atom. The Bertz CT molecular complexity index is 746. The van der Waals surface area contributed by atoms with E-state index in [-0.39, 0.29) is 4.90 Å². The molecule has 2 rings (SSSR count). The third-order valence-electron chi connectivity index (χ3n) is 2.60. The first-order valence-corrected chi connectivity index (χ1v) is 8.98. The molecule has 3 nitrogen and oxygen atoms in total. The third-order valence-corrected chi connectivity index (χ3v) is 6.05. The molecule has 0 unspecified atom stereocenters.